The lowest BCUT2D eigenvalue weighted by Crippen LogP contribution is -2.19. The normalized spacial score (nSPS) is 11.2. The lowest BCUT2D eigenvalue weighted by molar-refractivity contribution is -0.111. The summed E-state index contributed by atoms with van der Waals surface area (Å²) in [5, 5.41) is 0. The number of hydrogen-bond acceptors (Lipinski definition) is 1. The van der Waals surface area contributed by atoms with Crippen LogP contribution in [0.4, 0.5) is 0 Å². The van der Waals surface area contributed by atoms with E-state index in [1.165, 1.54) is 5.46 Å². The number of benzene rings is 1. The fourth-order valence-electron chi connectivity index (χ4n) is 1.05. The molecular weight excluding hydrogens is 147 g/mol. The standard InChI is InChI=1S/C10H13BO/c1-10(2,7-12)8-3-5-9(11)6-4-8/h3-7H,11H2,1-2H3. The van der Waals surface area contributed by atoms with Gasteiger partial charge in [0.1, 0.15) is 14.1 Å². The second-order valence-electron chi connectivity index (χ2n) is 3.71. The summed E-state index contributed by atoms with van der Waals surface area (Å²) in [7, 11) is 2.04. The number of rotatable bonds is 2. The van der Waals surface area contributed by atoms with Crippen LogP contribution in [0.15, 0.2) is 24.3 Å². The summed E-state index contributed by atoms with van der Waals surface area (Å²) in [6.45, 7) is 3.84. The van der Waals surface area contributed by atoms with Gasteiger partial charge in [-0.25, -0.2) is 0 Å². The summed E-state index contributed by atoms with van der Waals surface area (Å²) in [6.07, 6.45) is 0.984. The molecule has 1 nitrogen and oxygen atoms in total. The van der Waals surface area contributed by atoms with Crippen molar-refractivity contribution in [2.45, 2.75) is 19.3 Å². The molecule has 0 saturated heterocycles. The summed E-state index contributed by atoms with van der Waals surface area (Å²) in [5.41, 5.74) is 1.94. The average Bonchev–Trinajstić information content (AvgIpc) is 2.05. The molecule has 0 bridgehead atoms. The predicted molar refractivity (Wildman–Crippen MR) is 53.7 cm³/mol. The molecule has 12 heavy (non-hydrogen) atoms. The first kappa shape index (κ1) is 9.05. The summed E-state index contributed by atoms with van der Waals surface area (Å²) in [6, 6.07) is 8.06. The first-order valence-corrected chi connectivity index (χ1v) is 4.10. The van der Waals surface area contributed by atoms with Crippen molar-refractivity contribution in [3.8, 4) is 0 Å². The first-order chi connectivity index (χ1) is 5.56. The molecule has 1 aromatic rings. The minimum absolute atomic E-state index is 0.353. The van der Waals surface area contributed by atoms with E-state index in [1.54, 1.807) is 0 Å². The quantitative estimate of drug-likeness (QED) is 0.452. The van der Waals surface area contributed by atoms with E-state index < -0.39 is 0 Å². The van der Waals surface area contributed by atoms with Crippen molar-refractivity contribution < 1.29 is 4.79 Å². The van der Waals surface area contributed by atoms with Crippen LogP contribution in [0.25, 0.3) is 0 Å². The zero-order valence-electron chi connectivity index (χ0n) is 7.79. The minimum Gasteiger partial charge on any atom is -0.302 e. The second-order valence-corrected chi connectivity index (χ2v) is 3.71. The Hall–Kier alpha value is -1.05. The van der Waals surface area contributed by atoms with Crippen molar-refractivity contribution in [2.24, 2.45) is 0 Å². The van der Waals surface area contributed by atoms with Crippen LogP contribution in [0.1, 0.15) is 19.4 Å². The van der Waals surface area contributed by atoms with Gasteiger partial charge in [0.15, 0.2) is 0 Å². The van der Waals surface area contributed by atoms with Crippen molar-refractivity contribution in [1.29, 1.82) is 0 Å². The van der Waals surface area contributed by atoms with E-state index in [4.69, 9.17) is 0 Å². The second kappa shape index (κ2) is 3.14. The number of aldehydes is 1. The third-order valence-corrected chi connectivity index (χ3v) is 2.09. The SMILES string of the molecule is Bc1ccc(C(C)(C)C=O)cc1. The maximum absolute atomic E-state index is 10.7. The Bertz CT molecular complexity index is 274. The van der Waals surface area contributed by atoms with Crippen LogP contribution in [-0.2, 0) is 10.2 Å². The topological polar surface area (TPSA) is 17.1 Å². The highest BCUT2D eigenvalue weighted by molar-refractivity contribution is 6.32. The summed E-state index contributed by atoms with van der Waals surface area (Å²) < 4.78 is 0. The van der Waals surface area contributed by atoms with Crippen molar-refractivity contribution in [3.05, 3.63) is 29.8 Å². The Labute approximate surface area is 74.2 Å². The molecule has 0 unspecified atom stereocenters. The van der Waals surface area contributed by atoms with Gasteiger partial charge in [0.05, 0.1) is 0 Å². The molecule has 0 aliphatic carbocycles. The van der Waals surface area contributed by atoms with E-state index in [2.05, 4.69) is 0 Å². The molecule has 0 N–H and O–H groups in total. The highest BCUT2D eigenvalue weighted by atomic mass is 16.1. The van der Waals surface area contributed by atoms with Crippen LogP contribution in [-0.4, -0.2) is 14.1 Å². The van der Waals surface area contributed by atoms with Gasteiger partial charge in [0.25, 0.3) is 0 Å². The lowest BCUT2D eigenvalue weighted by atomic mass is 9.84. The highest BCUT2D eigenvalue weighted by Gasteiger charge is 2.18. The highest BCUT2D eigenvalue weighted by Crippen LogP contribution is 2.18. The Balaban J connectivity index is 3.04. The molecule has 0 saturated carbocycles. The zero-order chi connectivity index (χ0) is 9.19. The third-order valence-electron chi connectivity index (χ3n) is 2.09. The van der Waals surface area contributed by atoms with Gasteiger partial charge in [-0.1, -0.05) is 29.7 Å². The molecule has 0 aliphatic heterocycles. The smallest absolute Gasteiger partial charge is 0.139 e. The Morgan fingerprint density at radius 3 is 2.17 bits per heavy atom. The Kier molecular flexibility index (Phi) is 2.36. The van der Waals surface area contributed by atoms with Gasteiger partial charge < -0.3 is 4.79 Å². The molecule has 0 aliphatic rings. The largest absolute Gasteiger partial charge is 0.302 e. The average molecular weight is 160 g/mol. The Morgan fingerprint density at radius 2 is 1.75 bits per heavy atom. The van der Waals surface area contributed by atoms with E-state index in [0.29, 0.717) is 0 Å². The molecule has 0 heterocycles. The van der Waals surface area contributed by atoms with E-state index in [9.17, 15) is 4.79 Å². The molecule has 0 radical (unpaired) electrons. The van der Waals surface area contributed by atoms with Gasteiger partial charge in [0.2, 0.25) is 0 Å². The zero-order valence-corrected chi connectivity index (χ0v) is 7.79. The molecule has 62 valence electrons. The molecule has 2 heteroatoms. The lowest BCUT2D eigenvalue weighted by Gasteiger charge is -2.16. The maximum atomic E-state index is 10.7. The van der Waals surface area contributed by atoms with Crippen LogP contribution >= 0.6 is 0 Å². The number of hydrogen-bond donors (Lipinski definition) is 0. The predicted octanol–water partition coefficient (Wildman–Crippen LogP) is 0.421. The van der Waals surface area contributed by atoms with Gasteiger partial charge in [-0.05, 0) is 19.4 Å². The van der Waals surface area contributed by atoms with E-state index in [1.807, 2.05) is 46.0 Å². The summed E-state index contributed by atoms with van der Waals surface area (Å²) >= 11 is 0. The fourth-order valence-corrected chi connectivity index (χ4v) is 1.05. The van der Waals surface area contributed by atoms with E-state index >= 15 is 0 Å². The molecule has 0 atom stereocenters. The molecule has 0 spiro atoms. The number of carbonyl (C=O) groups is 1. The molecular formula is C10H13BO. The van der Waals surface area contributed by atoms with Crippen molar-refractivity contribution >= 4 is 19.6 Å². The molecule has 0 amide bonds. The third kappa shape index (κ3) is 1.76. The van der Waals surface area contributed by atoms with Crippen LogP contribution in [0.3, 0.4) is 0 Å². The van der Waals surface area contributed by atoms with Crippen LogP contribution in [0, 0.1) is 0 Å². The first-order valence-electron chi connectivity index (χ1n) is 4.10. The van der Waals surface area contributed by atoms with Gasteiger partial charge >= 0.3 is 0 Å². The number of carbonyl (C=O) groups excluding carboxylic acids is 1. The van der Waals surface area contributed by atoms with Crippen LogP contribution < -0.4 is 5.46 Å². The van der Waals surface area contributed by atoms with Gasteiger partial charge in [-0.15, -0.1) is 0 Å². The van der Waals surface area contributed by atoms with Gasteiger partial charge in [0, 0.05) is 5.41 Å². The van der Waals surface area contributed by atoms with Crippen molar-refractivity contribution in [2.75, 3.05) is 0 Å². The van der Waals surface area contributed by atoms with Crippen LogP contribution in [0.2, 0.25) is 0 Å². The van der Waals surface area contributed by atoms with E-state index in [-0.39, 0.29) is 5.41 Å². The Morgan fingerprint density at radius 1 is 1.25 bits per heavy atom. The minimum atomic E-state index is -0.353. The summed E-state index contributed by atoms with van der Waals surface area (Å²) in [4.78, 5) is 10.7. The van der Waals surface area contributed by atoms with Gasteiger partial charge in [-0.2, -0.15) is 0 Å². The molecule has 1 aromatic carbocycles. The summed E-state index contributed by atoms with van der Waals surface area (Å²) in [5.74, 6) is 0. The molecule has 1 rings (SSSR count). The fraction of sp³-hybridized carbons (Fsp3) is 0.300. The van der Waals surface area contributed by atoms with Crippen molar-refractivity contribution in [1.82, 2.24) is 0 Å². The van der Waals surface area contributed by atoms with Crippen molar-refractivity contribution in [3.63, 3.8) is 0 Å². The van der Waals surface area contributed by atoms with Crippen LogP contribution in [0.5, 0.6) is 0 Å². The van der Waals surface area contributed by atoms with Gasteiger partial charge in [-0.3, -0.25) is 0 Å². The molecule has 0 fully saturated rings. The monoisotopic (exact) mass is 160 g/mol. The maximum Gasteiger partial charge on any atom is 0.139 e. The molecule has 0 aromatic heterocycles. The van der Waals surface area contributed by atoms with E-state index in [0.717, 1.165) is 11.8 Å².